The highest BCUT2D eigenvalue weighted by Gasteiger charge is 2.39. The highest BCUT2D eigenvalue weighted by molar-refractivity contribution is 7.99. The van der Waals surface area contributed by atoms with Crippen LogP contribution in [0.3, 0.4) is 0 Å². The summed E-state index contributed by atoms with van der Waals surface area (Å²) >= 11 is 18.7. The molecule has 0 bridgehead atoms. The van der Waals surface area contributed by atoms with E-state index < -0.39 is 41.3 Å². The van der Waals surface area contributed by atoms with Gasteiger partial charge in [0.15, 0.2) is 0 Å². The van der Waals surface area contributed by atoms with Gasteiger partial charge in [-0.05, 0) is 85.2 Å². The quantitative estimate of drug-likeness (QED) is 0.152. The molecule has 3 N–H and O–H groups in total. The van der Waals surface area contributed by atoms with E-state index in [-0.39, 0.29) is 55.5 Å². The van der Waals surface area contributed by atoms with Crippen LogP contribution in [0.25, 0.3) is 0 Å². The molecule has 48 heavy (non-hydrogen) atoms. The Morgan fingerprint density at radius 1 is 1.17 bits per heavy atom. The van der Waals surface area contributed by atoms with E-state index in [2.05, 4.69) is 0 Å². The number of carbonyl (C=O) groups is 2. The van der Waals surface area contributed by atoms with E-state index in [9.17, 15) is 38.6 Å². The molecule has 5 rings (SSSR count). The van der Waals surface area contributed by atoms with Crippen LogP contribution in [-0.4, -0.2) is 62.6 Å². The maximum Gasteiger partial charge on any atom is 0.362 e. The van der Waals surface area contributed by atoms with Crippen molar-refractivity contribution in [2.75, 3.05) is 24.5 Å². The number of phenolic OH excluding ortho intramolecular Hbond substituents is 1. The molecule has 1 aliphatic heterocycles. The predicted molar refractivity (Wildman–Crippen MR) is 178 cm³/mol. The van der Waals surface area contributed by atoms with E-state index in [4.69, 9.17) is 34.8 Å². The second kappa shape index (κ2) is 14.1. The normalized spacial score (nSPS) is 15.1. The number of hydrogen-bond acceptors (Lipinski definition) is 7. The fourth-order valence-electron chi connectivity index (χ4n) is 5.54. The highest BCUT2D eigenvalue weighted by atomic mass is 35.5. The molecule has 0 radical (unpaired) electrons. The molecule has 0 spiro atoms. The van der Waals surface area contributed by atoms with Crippen molar-refractivity contribution in [3.8, 4) is 11.8 Å². The fourth-order valence-corrected chi connectivity index (χ4v) is 7.36. The minimum Gasteiger partial charge on any atom is -0.505 e. The van der Waals surface area contributed by atoms with Crippen LogP contribution in [0, 0.1) is 25.2 Å². The van der Waals surface area contributed by atoms with Gasteiger partial charge in [-0.3, -0.25) is 14.5 Å². The minimum absolute atomic E-state index is 0.0167. The second-order valence-electron chi connectivity index (χ2n) is 11.5. The first kappa shape index (κ1) is 35.8. The first-order valence-electron chi connectivity index (χ1n) is 14.8. The van der Waals surface area contributed by atoms with E-state index in [1.807, 2.05) is 11.1 Å². The van der Waals surface area contributed by atoms with Crippen molar-refractivity contribution in [3.63, 3.8) is 0 Å². The summed E-state index contributed by atoms with van der Waals surface area (Å²) in [5, 5.41) is 26.5. The molecule has 1 aromatic heterocycles. The van der Waals surface area contributed by atoms with Crippen molar-refractivity contribution in [1.29, 1.82) is 5.26 Å². The van der Waals surface area contributed by atoms with Gasteiger partial charge in [0.1, 0.15) is 23.6 Å². The van der Waals surface area contributed by atoms with Gasteiger partial charge in [-0.2, -0.15) is 14.0 Å². The van der Waals surface area contributed by atoms with Crippen LogP contribution in [0.4, 0.5) is 19.3 Å². The molecule has 10 nitrogen and oxygen atoms in total. The first-order valence-corrected chi connectivity index (χ1v) is 16.8. The average Bonchev–Trinajstić information content (AvgIpc) is 3.88. The molecule has 0 unspecified atom stereocenters. The summed E-state index contributed by atoms with van der Waals surface area (Å²) in [7, 11) is 0. The molecular formula is C32H30Cl3F2N5O5S. The van der Waals surface area contributed by atoms with Gasteiger partial charge in [-0.1, -0.05) is 41.0 Å². The molecule has 2 aromatic carbocycles. The molecule has 254 valence electrons. The van der Waals surface area contributed by atoms with Crippen LogP contribution in [0.2, 0.25) is 10.0 Å². The number of rotatable bonds is 10. The summed E-state index contributed by atoms with van der Waals surface area (Å²) in [4.78, 5) is 47.0. The van der Waals surface area contributed by atoms with Gasteiger partial charge in [0, 0.05) is 35.5 Å². The topological polar surface area (TPSA) is 141 Å². The van der Waals surface area contributed by atoms with Crippen LogP contribution < -0.4 is 10.5 Å². The Morgan fingerprint density at radius 2 is 1.88 bits per heavy atom. The van der Waals surface area contributed by atoms with E-state index in [0.717, 1.165) is 23.8 Å². The number of nitriles is 1. The number of hydrogen-bond donors (Lipinski definition) is 3. The molecule has 2 aliphatic rings. The molecule has 3 aromatic rings. The number of benzene rings is 2. The molecule has 2 fully saturated rings. The Kier molecular flexibility index (Phi) is 10.5. The lowest BCUT2D eigenvalue weighted by Crippen LogP contribution is -2.50. The van der Waals surface area contributed by atoms with Crippen molar-refractivity contribution in [1.82, 2.24) is 14.8 Å². The number of carbonyl (C=O) groups excluding carboxylic acids is 2. The number of pyridine rings is 1. The van der Waals surface area contributed by atoms with Crippen molar-refractivity contribution >= 4 is 64.2 Å². The number of aromatic amines is 1. The largest absolute Gasteiger partial charge is 0.505 e. The predicted octanol–water partition coefficient (Wildman–Crippen LogP) is 6.90. The summed E-state index contributed by atoms with van der Waals surface area (Å²) in [5.74, 6) is -1.07. The number of nitrogens with zero attached hydrogens (tertiary/aromatic N) is 4. The van der Waals surface area contributed by atoms with E-state index in [1.54, 1.807) is 24.8 Å². The monoisotopic (exact) mass is 739 g/mol. The highest BCUT2D eigenvalue weighted by Crippen LogP contribution is 2.43. The molecule has 16 heteroatoms. The lowest BCUT2D eigenvalue weighted by Gasteiger charge is -2.36. The second-order valence-corrected chi connectivity index (χ2v) is 13.9. The third kappa shape index (κ3) is 7.09. The molecule has 0 atom stereocenters. The van der Waals surface area contributed by atoms with Gasteiger partial charge in [0.25, 0.3) is 11.5 Å². The van der Waals surface area contributed by atoms with Crippen LogP contribution in [-0.2, 0) is 18.5 Å². The number of urea groups is 1. The number of anilines is 1. The van der Waals surface area contributed by atoms with Crippen LogP contribution in [0.15, 0.2) is 38.9 Å². The number of nitrogens with one attached hydrogen (secondary N) is 1. The fraction of sp³-hybridized carbons (Fsp3) is 0.375. The summed E-state index contributed by atoms with van der Waals surface area (Å²) in [6, 6.07) is 7.14. The number of aromatic nitrogens is 1. The molecule has 3 amide bonds. The number of phenols is 1. The zero-order chi connectivity index (χ0) is 35.1. The van der Waals surface area contributed by atoms with Crippen LogP contribution in [0.1, 0.15) is 57.6 Å². The van der Waals surface area contributed by atoms with E-state index in [0.29, 0.717) is 48.0 Å². The van der Waals surface area contributed by atoms with Gasteiger partial charge in [-0.25, -0.2) is 4.79 Å². The molecule has 1 aliphatic carbocycles. The number of aliphatic hydroxyl groups is 1. The summed E-state index contributed by atoms with van der Waals surface area (Å²) < 4.78 is 28.5. The Balaban J connectivity index is 1.57. The number of aromatic hydroxyl groups is 1. The number of H-pyrrole nitrogens is 1. The molecular weight excluding hydrogens is 711 g/mol. The van der Waals surface area contributed by atoms with Crippen LogP contribution >= 0.6 is 46.6 Å². The zero-order valence-electron chi connectivity index (χ0n) is 25.7. The molecule has 1 saturated heterocycles. The number of alkyl halides is 3. The lowest BCUT2D eigenvalue weighted by molar-refractivity contribution is 0.0753. The standard InChI is InChI=1S/C32H30Cl3F2N5O5S/c1-16-17(2)27(44)22(42-10-3-9-41(31(42)47)20-5-6-20)12-19(16)14-40(11-8-38)30(46)25-23(13-24(32(35,36)37)39-29(25)45)48-28-21(33)7-4-18(15-43)26(28)34/h4,7,12-13,20,43-44H,3,5-6,9-11,14-15H2,1-2H3,(H,39,45). The average molecular weight is 741 g/mol. The van der Waals surface area contributed by atoms with Crippen molar-refractivity contribution in [2.24, 2.45) is 0 Å². The smallest absolute Gasteiger partial charge is 0.362 e. The van der Waals surface area contributed by atoms with Crippen LogP contribution in [0.5, 0.6) is 5.75 Å². The summed E-state index contributed by atoms with van der Waals surface area (Å²) in [6.45, 7) is 3.15. The minimum atomic E-state index is -4.01. The third-order valence-corrected chi connectivity index (χ3v) is 10.8. The maximum absolute atomic E-state index is 14.2. The van der Waals surface area contributed by atoms with Gasteiger partial charge in [-0.15, -0.1) is 0 Å². The first-order chi connectivity index (χ1) is 22.7. The van der Waals surface area contributed by atoms with E-state index in [1.165, 1.54) is 17.0 Å². The lowest BCUT2D eigenvalue weighted by atomic mass is 9.99. The van der Waals surface area contributed by atoms with Crippen molar-refractivity contribution in [2.45, 2.75) is 67.5 Å². The Hall–Kier alpha value is -3.54. The van der Waals surface area contributed by atoms with Gasteiger partial charge < -0.3 is 25.0 Å². The Bertz CT molecular complexity index is 1890. The van der Waals surface area contributed by atoms with Gasteiger partial charge in [0.2, 0.25) is 0 Å². The third-order valence-electron chi connectivity index (χ3n) is 8.43. The summed E-state index contributed by atoms with van der Waals surface area (Å²) in [6.07, 6.45) is 2.53. The van der Waals surface area contributed by atoms with Crippen molar-refractivity contribution < 1.29 is 28.6 Å². The van der Waals surface area contributed by atoms with Crippen molar-refractivity contribution in [3.05, 3.63) is 78.2 Å². The van der Waals surface area contributed by atoms with E-state index >= 15 is 0 Å². The molecule has 1 saturated carbocycles. The van der Waals surface area contributed by atoms with Gasteiger partial charge in [0.05, 0.1) is 28.4 Å². The Labute approximate surface area is 293 Å². The maximum atomic E-state index is 14.2. The molecule has 2 heterocycles. The number of amides is 3. The summed E-state index contributed by atoms with van der Waals surface area (Å²) in [5.41, 5.74) is -0.744. The number of aliphatic hydroxyl groups excluding tert-OH is 1. The number of halogens is 5. The van der Waals surface area contributed by atoms with Gasteiger partial charge >= 0.3 is 11.4 Å². The SMILES string of the molecule is Cc1c(CN(CC#N)C(=O)c2c(Sc3c(Cl)ccc(CO)c3Cl)cc(C(F)(F)Cl)[nH]c2=O)cc(N2CCCN(C3CC3)C2=O)c(O)c1C. The Morgan fingerprint density at radius 3 is 2.50 bits per heavy atom. The zero-order valence-corrected chi connectivity index (χ0v) is 28.8.